The summed E-state index contributed by atoms with van der Waals surface area (Å²) in [7, 11) is 1.92. The quantitative estimate of drug-likeness (QED) is 0.264. The molecule has 0 aliphatic carbocycles. The van der Waals surface area contributed by atoms with Crippen LogP contribution in [-0.4, -0.2) is 83.2 Å². The van der Waals surface area contributed by atoms with Gasteiger partial charge in [0, 0.05) is 49.3 Å². The molecule has 2 aromatic rings. The number of hydrogen-bond donors (Lipinski definition) is 3. The number of carbonyl (C=O) groups excluding carboxylic acids is 2. The Labute approximate surface area is 223 Å². The standard InChI is InChI=1S/C26H36N8O2S/c1-18(17-37-3)30-22-11-24(29-13-21(22)12-28)32-26-19(6-4-5-7-27)10-20(23(16-35)31-26)14-34-9-8-33(2)15-25(34)36/h10-11,13,16,18H,4-9,14-15,17,27H2,1-3H3,(H2,29,30,31,32). The number of unbranched alkanes of at least 4 members (excludes halogenated alkanes) is 1. The number of piperazine rings is 1. The maximum atomic E-state index is 12.5. The maximum Gasteiger partial charge on any atom is 0.237 e. The van der Waals surface area contributed by atoms with E-state index in [0.29, 0.717) is 55.5 Å². The molecule has 1 aliphatic heterocycles. The van der Waals surface area contributed by atoms with Crippen LogP contribution >= 0.6 is 11.8 Å². The second kappa shape index (κ2) is 13.9. The molecule has 1 fully saturated rings. The summed E-state index contributed by atoms with van der Waals surface area (Å²) >= 11 is 1.72. The third kappa shape index (κ3) is 7.89. The van der Waals surface area contributed by atoms with Crippen molar-refractivity contribution in [2.24, 2.45) is 5.73 Å². The third-order valence-electron chi connectivity index (χ3n) is 6.19. The molecule has 0 saturated carbocycles. The van der Waals surface area contributed by atoms with Gasteiger partial charge in [-0.1, -0.05) is 0 Å². The highest BCUT2D eigenvalue weighted by molar-refractivity contribution is 7.98. The molecule has 4 N–H and O–H groups in total. The Morgan fingerprint density at radius 1 is 1.30 bits per heavy atom. The fraction of sp³-hybridized carbons (Fsp3) is 0.500. The highest BCUT2D eigenvalue weighted by atomic mass is 32.2. The third-order valence-corrected chi connectivity index (χ3v) is 7.02. The fourth-order valence-corrected chi connectivity index (χ4v) is 4.80. The minimum atomic E-state index is 0.0370. The minimum Gasteiger partial charge on any atom is -0.381 e. The van der Waals surface area contributed by atoms with E-state index in [0.717, 1.165) is 42.6 Å². The Morgan fingerprint density at radius 2 is 2.11 bits per heavy atom. The van der Waals surface area contributed by atoms with Crippen molar-refractivity contribution < 1.29 is 9.59 Å². The smallest absolute Gasteiger partial charge is 0.237 e. The highest BCUT2D eigenvalue weighted by Crippen LogP contribution is 2.26. The van der Waals surface area contributed by atoms with E-state index >= 15 is 0 Å². The van der Waals surface area contributed by atoms with Gasteiger partial charge >= 0.3 is 0 Å². The number of aldehydes is 1. The zero-order valence-corrected chi connectivity index (χ0v) is 22.6. The first-order valence-electron chi connectivity index (χ1n) is 12.5. The van der Waals surface area contributed by atoms with Crippen LogP contribution < -0.4 is 16.4 Å². The van der Waals surface area contributed by atoms with Crippen LogP contribution in [0.4, 0.5) is 17.3 Å². The predicted molar refractivity (Wildman–Crippen MR) is 148 cm³/mol. The van der Waals surface area contributed by atoms with Gasteiger partial charge in [0.15, 0.2) is 6.29 Å². The first-order valence-corrected chi connectivity index (χ1v) is 13.8. The number of pyridine rings is 2. The topological polar surface area (TPSA) is 140 Å². The van der Waals surface area contributed by atoms with Crippen molar-refractivity contribution in [2.45, 2.75) is 38.8 Å². The minimum absolute atomic E-state index is 0.0370. The van der Waals surface area contributed by atoms with Crippen molar-refractivity contribution in [1.82, 2.24) is 19.8 Å². The number of hydrogen-bond acceptors (Lipinski definition) is 10. The number of nitrogens with one attached hydrogen (secondary N) is 2. The van der Waals surface area contributed by atoms with Crippen LogP contribution in [0, 0.1) is 11.3 Å². The number of aryl methyl sites for hydroxylation is 1. The molecule has 0 bridgehead atoms. The van der Waals surface area contributed by atoms with Gasteiger partial charge in [0.25, 0.3) is 0 Å². The highest BCUT2D eigenvalue weighted by Gasteiger charge is 2.23. The molecule has 3 rings (SSSR count). The number of thioether (sulfide) groups is 1. The van der Waals surface area contributed by atoms with E-state index in [4.69, 9.17) is 5.73 Å². The lowest BCUT2D eigenvalue weighted by molar-refractivity contribution is -0.136. The Kier molecular flexibility index (Phi) is 10.7. The summed E-state index contributed by atoms with van der Waals surface area (Å²) < 4.78 is 0. The SMILES string of the molecule is CSCC(C)Nc1cc(Nc2nc(C=O)c(CN3CCN(C)CC3=O)cc2CCCCN)ncc1C#N. The van der Waals surface area contributed by atoms with Crippen molar-refractivity contribution in [3.63, 3.8) is 0 Å². The van der Waals surface area contributed by atoms with Crippen LogP contribution in [0.5, 0.6) is 0 Å². The van der Waals surface area contributed by atoms with Gasteiger partial charge in [0.05, 0.1) is 17.8 Å². The molecule has 198 valence electrons. The van der Waals surface area contributed by atoms with E-state index in [-0.39, 0.29) is 17.6 Å². The van der Waals surface area contributed by atoms with Crippen molar-refractivity contribution in [1.29, 1.82) is 5.26 Å². The predicted octanol–water partition coefficient (Wildman–Crippen LogP) is 2.62. The number of nitriles is 1. The zero-order valence-electron chi connectivity index (χ0n) is 21.8. The van der Waals surface area contributed by atoms with E-state index in [1.54, 1.807) is 22.7 Å². The molecule has 11 heteroatoms. The Hall–Kier alpha value is -3.20. The molecule has 1 unspecified atom stereocenters. The number of rotatable bonds is 13. The van der Waals surface area contributed by atoms with Crippen molar-refractivity contribution in [2.75, 3.05) is 55.9 Å². The first kappa shape index (κ1) is 28.4. The molecular formula is C26H36N8O2S. The lowest BCUT2D eigenvalue weighted by Crippen LogP contribution is -2.48. The molecule has 3 heterocycles. The van der Waals surface area contributed by atoms with E-state index in [1.165, 1.54) is 6.20 Å². The van der Waals surface area contributed by atoms with Crippen molar-refractivity contribution in [3.8, 4) is 6.07 Å². The fourth-order valence-electron chi connectivity index (χ4n) is 4.21. The van der Waals surface area contributed by atoms with E-state index < -0.39 is 0 Å². The van der Waals surface area contributed by atoms with Gasteiger partial charge in [-0.3, -0.25) is 14.5 Å². The Morgan fingerprint density at radius 3 is 2.78 bits per heavy atom. The Balaban J connectivity index is 1.92. The molecule has 0 spiro atoms. The largest absolute Gasteiger partial charge is 0.381 e. The van der Waals surface area contributed by atoms with Crippen LogP contribution in [0.25, 0.3) is 0 Å². The summed E-state index contributed by atoms with van der Waals surface area (Å²) in [6, 6.07) is 6.10. The molecular weight excluding hydrogens is 488 g/mol. The second-order valence-corrected chi connectivity index (χ2v) is 10.2. The number of likely N-dealkylation sites (N-methyl/N-ethyl adjacent to an activating group) is 1. The van der Waals surface area contributed by atoms with Crippen molar-refractivity contribution >= 4 is 41.3 Å². The monoisotopic (exact) mass is 524 g/mol. The van der Waals surface area contributed by atoms with Gasteiger partial charge < -0.3 is 21.3 Å². The lowest BCUT2D eigenvalue weighted by Gasteiger charge is -2.32. The summed E-state index contributed by atoms with van der Waals surface area (Å²) in [5.41, 5.74) is 8.79. The van der Waals surface area contributed by atoms with Crippen LogP contribution in [0.3, 0.4) is 0 Å². The van der Waals surface area contributed by atoms with Gasteiger partial charge in [-0.2, -0.15) is 17.0 Å². The average molecular weight is 525 g/mol. The lowest BCUT2D eigenvalue weighted by atomic mass is 10.0. The number of amides is 1. The summed E-state index contributed by atoms with van der Waals surface area (Å²) in [4.78, 5) is 37.3. The van der Waals surface area contributed by atoms with Gasteiger partial charge in [0.1, 0.15) is 23.4 Å². The molecule has 1 atom stereocenters. The van der Waals surface area contributed by atoms with Gasteiger partial charge in [-0.15, -0.1) is 0 Å². The normalized spacial score (nSPS) is 14.8. The number of carbonyl (C=O) groups is 2. The molecule has 10 nitrogen and oxygen atoms in total. The number of nitrogens with two attached hydrogens (primary N) is 1. The van der Waals surface area contributed by atoms with Crippen LogP contribution in [0.2, 0.25) is 0 Å². The zero-order chi connectivity index (χ0) is 26.8. The molecule has 2 aromatic heterocycles. The molecule has 1 aliphatic rings. The number of nitrogens with zero attached hydrogens (tertiary/aromatic N) is 5. The number of anilines is 3. The van der Waals surface area contributed by atoms with Crippen LogP contribution in [0.15, 0.2) is 18.3 Å². The molecule has 0 aromatic carbocycles. The maximum absolute atomic E-state index is 12.5. The van der Waals surface area contributed by atoms with E-state index in [9.17, 15) is 14.9 Å². The van der Waals surface area contributed by atoms with E-state index in [2.05, 4.69) is 33.6 Å². The van der Waals surface area contributed by atoms with Gasteiger partial charge in [-0.25, -0.2) is 9.97 Å². The van der Waals surface area contributed by atoms with Gasteiger partial charge in [-0.05, 0) is 57.7 Å². The second-order valence-electron chi connectivity index (χ2n) is 9.31. The number of aromatic nitrogens is 2. The van der Waals surface area contributed by atoms with Gasteiger partial charge in [0.2, 0.25) is 5.91 Å². The van der Waals surface area contributed by atoms with E-state index in [1.807, 2.05) is 24.3 Å². The average Bonchev–Trinajstić information content (AvgIpc) is 2.87. The first-order chi connectivity index (χ1) is 17.9. The van der Waals surface area contributed by atoms with Crippen LogP contribution in [-0.2, 0) is 17.8 Å². The summed E-state index contributed by atoms with van der Waals surface area (Å²) in [6.45, 7) is 4.75. The van der Waals surface area contributed by atoms with Crippen LogP contribution in [0.1, 0.15) is 46.9 Å². The molecule has 0 radical (unpaired) electrons. The summed E-state index contributed by atoms with van der Waals surface area (Å²) in [5, 5.41) is 16.2. The molecule has 1 saturated heterocycles. The molecule has 1 amide bonds. The summed E-state index contributed by atoms with van der Waals surface area (Å²) in [5.74, 6) is 1.98. The summed E-state index contributed by atoms with van der Waals surface area (Å²) in [6.07, 6.45) is 6.72. The van der Waals surface area contributed by atoms with Crippen molar-refractivity contribution in [3.05, 3.63) is 40.7 Å². The Bertz CT molecular complexity index is 1140. The molecule has 37 heavy (non-hydrogen) atoms.